The minimum Gasteiger partial charge on any atom is -0.358 e. The van der Waals surface area contributed by atoms with Crippen molar-refractivity contribution < 1.29 is 9.59 Å². The summed E-state index contributed by atoms with van der Waals surface area (Å²) in [4.78, 5) is 26.7. The third-order valence-corrected chi connectivity index (χ3v) is 3.68. The molecule has 104 valence electrons. The second-order valence-corrected chi connectivity index (χ2v) is 5.46. The van der Waals surface area contributed by atoms with Gasteiger partial charge < -0.3 is 15.6 Å². The van der Waals surface area contributed by atoms with Crippen LogP contribution in [0.2, 0.25) is 5.02 Å². The number of hydrogen-bond donors (Lipinski definition) is 3. The van der Waals surface area contributed by atoms with E-state index < -0.39 is 12.1 Å². The van der Waals surface area contributed by atoms with E-state index in [9.17, 15) is 9.59 Å². The number of carbonyl (C=O) groups excluding carboxylic acids is 2. The zero-order valence-corrected chi connectivity index (χ0v) is 11.6. The Morgan fingerprint density at radius 2 is 1.95 bits per heavy atom. The smallest absolute Gasteiger partial charge is 0.243 e. The fraction of sp³-hybridized carbons (Fsp3) is 0.286. The van der Waals surface area contributed by atoms with Crippen LogP contribution in [-0.4, -0.2) is 28.9 Å². The zero-order chi connectivity index (χ0) is 14.3. The molecule has 2 aromatic rings. The Hall–Kier alpha value is -2.01. The Morgan fingerprint density at radius 3 is 2.75 bits per heavy atom. The second kappa shape index (κ2) is 4.83. The van der Waals surface area contributed by atoms with Crippen LogP contribution < -0.4 is 10.6 Å². The number of hydrogen-bond acceptors (Lipinski definition) is 2. The van der Waals surface area contributed by atoms with E-state index in [4.69, 9.17) is 11.6 Å². The molecular weight excluding hydrogens is 278 g/mol. The lowest BCUT2D eigenvalue weighted by atomic mass is 10.1. The van der Waals surface area contributed by atoms with E-state index in [-0.39, 0.29) is 11.8 Å². The molecule has 0 spiro atoms. The molecule has 0 aliphatic carbocycles. The first kappa shape index (κ1) is 13.0. The fourth-order valence-electron chi connectivity index (χ4n) is 2.37. The molecule has 0 bridgehead atoms. The summed E-state index contributed by atoms with van der Waals surface area (Å²) in [5.74, 6) is -0.317. The van der Waals surface area contributed by atoms with Crippen molar-refractivity contribution in [1.29, 1.82) is 0 Å². The monoisotopic (exact) mass is 291 g/mol. The molecule has 0 radical (unpaired) electrons. The molecule has 2 heterocycles. The van der Waals surface area contributed by atoms with Gasteiger partial charge in [-0.2, -0.15) is 0 Å². The molecule has 2 amide bonds. The number of aromatic amines is 1. The van der Waals surface area contributed by atoms with Gasteiger partial charge in [-0.05, 0) is 30.5 Å². The lowest BCUT2D eigenvalue weighted by molar-refractivity contribution is -0.136. The predicted molar refractivity (Wildman–Crippen MR) is 76.5 cm³/mol. The highest BCUT2D eigenvalue weighted by Gasteiger charge is 2.31. The molecule has 2 unspecified atom stereocenters. The largest absolute Gasteiger partial charge is 0.358 e. The summed E-state index contributed by atoms with van der Waals surface area (Å²) >= 11 is 5.94. The van der Waals surface area contributed by atoms with E-state index in [1.165, 1.54) is 0 Å². The Kier molecular flexibility index (Phi) is 3.14. The quantitative estimate of drug-likeness (QED) is 0.782. The van der Waals surface area contributed by atoms with Crippen LogP contribution >= 0.6 is 11.6 Å². The number of halogens is 1. The summed E-state index contributed by atoms with van der Waals surface area (Å²) in [6, 6.07) is 6.52. The average Bonchev–Trinajstić information content (AvgIpc) is 2.77. The molecule has 3 rings (SSSR count). The number of fused-ring (bicyclic) bond motifs is 1. The van der Waals surface area contributed by atoms with Crippen molar-refractivity contribution in [2.75, 3.05) is 0 Å². The van der Waals surface area contributed by atoms with Crippen LogP contribution in [0.25, 0.3) is 10.9 Å². The van der Waals surface area contributed by atoms with E-state index >= 15 is 0 Å². The van der Waals surface area contributed by atoms with Gasteiger partial charge in [-0.25, -0.2) is 0 Å². The molecule has 0 saturated carbocycles. The number of rotatable bonds is 2. The average molecular weight is 292 g/mol. The topological polar surface area (TPSA) is 74.0 Å². The first-order valence-electron chi connectivity index (χ1n) is 6.41. The number of benzene rings is 1. The van der Waals surface area contributed by atoms with Gasteiger partial charge in [0, 0.05) is 22.7 Å². The number of H-pyrrole nitrogens is 1. The number of aromatic nitrogens is 1. The van der Waals surface area contributed by atoms with Crippen molar-refractivity contribution in [2.45, 2.75) is 25.4 Å². The Bertz CT molecular complexity index is 695. The first-order chi connectivity index (χ1) is 9.52. The summed E-state index contributed by atoms with van der Waals surface area (Å²) in [6.45, 7) is 1.66. The van der Waals surface area contributed by atoms with Crippen molar-refractivity contribution >= 4 is 34.3 Å². The van der Waals surface area contributed by atoms with Crippen LogP contribution in [0.1, 0.15) is 12.6 Å². The molecule has 1 fully saturated rings. The van der Waals surface area contributed by atoms with Gasteiger partial charge in [0.1, 0.15) is 12.1 Å². The van der Waals surface area contributed by atoms with Gasteiger partial charge in [0.15, 0.2) is 0 Å². The number of nitrogens with one attached hydrogen (secondary N) is 3. The van der Waals surface area contributed by atoms with Crippen molar-refractivity contribution in [3.8, 4) is 0 Å². The van der Waals surface area contributed by atoms with Gasteiger partial charge in [-0.1, -0.05) is 17.7 Å². The summed E-state index contributed by atoms with van der Waals surface area (Å²) in [5, 5.41) is 7.06. The fourth-order valence-corrected chi connectivity index (χ4v) is 2.55. The van der Waals surface area contributed by atoms with Gasteiger partial charge >= 0.3 is 0 Å². The summed E-state index contributed by atoms with van der Waals surface area (Å²) in [5.41, 5.74) is 1.81. The lowest BCUT2D eigenvalue weighted by Crippen LogP contribution is -2.61. The third kappa shape index (κ3) is 2.36. The third-order valence-electron chi connectivity index (χ3n) is 3.45. The van der Waals surface area contributed by atoms with Gasteiger partial charge in [-0.15, -0.1) is 0 Å². The minimum atomic E-state index is -0.540. The van der Waals surface area contributed by atoms with Crippen LogP contribution in [0.5, 0.6) is 0 Å². The Morgan fingerprint density at radius 1 is 1.15 bits per heavy atom. The maximum Gasteiger partial charge on any atom is 0.243 e. The van der Waals surface area contributed by atoms with Crippen LogP contribution in [0, 0.1) is 0 Å². The number of piperazine rings is 1. The van der Waals surface area contributed by atoms with Crippen molar-refractivity contribution in [3.63, 3.8) is 0 Å². The van der Waals surface area contributed by atoms with E-state index in [0.717, 1.165) is 16.6 Å². The molecule has 2 atom stereocenters. The molecule has 1 aromatic heterocycles. The van der Waals surface area contributed by atoms with Crippen LogP contribution in [0.4, 0.5) is 0 Å². The predicted octanol–water partition coefficient (Wildman–Crippen LogP) is 1.37. The molecule has 1 aliphatic heterocycles. The van der Waals surface area contributed by atoms with Crippen LogP contribution in [-0.2, 0) is 16.0 Å². The van der Waals surface area contributed by atoms with Gasteiger partial charge in [0.25, 0.3) is 0 Å². The van der Waals surface area contributed by atoms with E-state index in [2.05, 4.69) is 15.6 Å². The maximum absolute atomic E-state index is 11.9. The Balaban J connectivity index is 1.82. The van der Waals surface area contributed by atoms with E-state index in [0.29, 0.717) is 11.4 Å². The van der Waals surface area contributed by atoms with Crippen LogP contribution in [0.3, 0.4) is 0 Å². The first-order valence-corrected chi connectivity index (χ1v) is 6.78. The number of amides is 2. The number of carbonyl (C=O) groups is 2. The molecular formula is C14H14ClN3O2. The molecule has 1 saturated heterocycles. The van der Waals surface area contributed by atoms with Gasteiger partial charge in [-0.3, -0.25) is 9.59 Å². The molecule has 1 aliphatic rings. The van der Waals surface area contributed by atoms with Crippen molar-refractivity contribution in [1.82, 2.24) is 15.6 Å². The second-order valence-electron chi connectivity index (χ2n) is 5.02. The molecule has 20 heavy (non-hydrogen) atoms. The highest BCUT2D eigenvalue weighted by molar-refractivity contribution is 6.31. The van der Waals surface area contributed by atoms with E-state index in [1.54, 1.807) is 6.92 Å². The minimum absolute atomic E-state index is 0.159. The van der Waals surface area contributed by atoms with Crippen LogP contribution in [0.15, 0.2) is 24.3 Å². The van der Waals surface area contributed by atoms with Crippen molar-refractivity contribution in [2.24, 2.45) is 0 Å². The normalized spacial score (nSPS) is 22.7. The van der Waals surface area contributed by atoms with Gasteiger partial charge in [0.05, 0.1) is 0 Å². The standard InChI is InChI=1S/C14H14ClN3O2/c1-7-13(19)18-12(14(20)16-7)6-10-4-8-2-3-9(15)5-11(8)17-10/h2-5,7,12,17H,6H2,1H3,(H,16,20)(H,18,19). The highest BCUT2D eigenvalue weighted by atomic mass is 35.5. The zero-order valence-electron chi connectivity index (χ0n) is 10.9. The summed E-state index contributed by atoms with van der Waals surface area (Å²) in [6.07, 6.45) is 0.427. The molecule has 6 heteroatoms. The van der Waals surface area contributed by atoms with Gasteiger partial charge in [0.2, 0.25) is 11.8 Å². The Labute approximate surface area is 120 Å². The summed E-state index contributed by atoms with van der Waals surface area (Å²) in [7, 11) is 0. The molecule has 1 aromatic carbocycles. The SMILES string of the molecule is CC1NC(=O)C(Cc2cc3ccc(Cl)cc3[nH]2)NC1=O. The maximum atomic E-state index is 11.9. The molecule has 3 N–H and O–H groups in total. The van der Waals surface area contributed by atoms with E-state index in [1.807, 2.05) is 24.3 Å². The summed E-state index contributed by atoms with van der Waals surface area (Å²) < 4.78 is 0. The lowest BCUT2D eigenvalue weighted by Gasteiger charge is -2.27. The molecule has 5 nitrogen and oxygen atoms in total. The highest BCUT2D eigenvalue weighted by Crippen LogP contribution is 2.20. The van der Waals surface area contributed by atoms with Crippen molar-refractivity contribution in [3.05, 3.63) is 35.0 Å².